The van der Waals surface area contributed by atoms with Crippen molar-refractivity contribution in [3.8, 4) is 0 Å². The van der Waals surface area contributed by atoms with E-state index >= 15 is 0 Å². The summed E-state index contributed by atoms with van der Waals surface area (Å²) >= 11 is 1.75. The molecule has 1 atom stereocenters. The third-order valence-electron chi connectivity index (χ3n) is 3.13. The summed E-state index contributed by atoms with van der Waals surface area (Å²) in [6.45, 7) is 7.38. The highest BCUT2D eigenvalue weighted by Gasteiger charge is 2.15. The minimum absolute atomic E-state index is 0.327. The Balaban J connectivity index is 2.18. The maximum atomic E-state index is 4.58. The van der Waals surface area contributed by atoms with E-state index in [-0.39, 0.29) is 0 Å². The number of pyridine rings is 1. The number of nitrogens with one attached hydrogen (secondary N) is 1. The SMILES string of the molecule is CCCNC(Cc1nc(C)cs1)c1ccncc1C. The van der Waals surface area contributed by atoms with Crippen molar-refractivity contribution < 1.29 is 0 Å². The fourth-order valence-electron chi connectivity index (χ4n) is 2.16. The Labute approximate surface area is 119 Å². The van der Waals surface area contributed by atoms with Gasteiger partial charge in [-0.2, -0.15) is 0 Å². The van der Waals surface area contributed by atoms with Crippen molar-refractivity contribution in [2.24, 2.45) is 0 Å². The van der Waals surface area contributed by atoms with Crippen LogP contribution in [0.15, 0.2) is 23.8 Å². The molecule has 2 aromatic rings. The van der Waals surface area contributed by atoms with E-state index in [0.717, 1.165) is 25.1 Å². The van der Waals surface area contributed by atoms with E-state index in [4.69, 9.17) is 0 Å². The standard InChI is InChI=1S/C15H21N3S/c1-4-6-17-14(8-15-18-12(3)10-19-15)13-5-7-16-9-11(13)2/h5,7,9-10,14,17H,4,6,8H2,1-3H3. The van der Waals surface area contributed by atoms with Gasteiger partial charge in [0.15, 0.2) is 0 Å². The van der Waals surface area contributed by atoms with Crippen molar-refractivity contribution in [2.75, 3.05) is 6.54 Å². The molecule has 0 amide bonds. The van der Waals surface area contributed by atoms with Gasteiger partial charge in [-0.05, 0) is 44.0 Å². The van der Waals surface area contributed by atoms with Crippen LogP contribution in [0.3, 0.4) is 0 Å². The lowest BCUT2D eigenvalue weighted by molar-refractivity contribution is 0.525. The molecule has 0 bridgehead atoms. The highest BCUT2D eigenvalue weighted by molar-refractivity contribution is 7.09. The van der Waals surface area contributed by atoms with E-state index in [1.807, 2.05) is 19.3 Å². The summed E-state index contributed by atoms with van der Waals surface area (Å²) in [5.41, 5.74) is 3.68. The van der Waals surface area contributed by atoms with Crippen LogP contribution in [-0.4, -0.2) is 16.5 Å². The number of hydrogen-bond donors (Lipinski definition) is 1. The fourth-order valence-corrected chi connectivity index (χ4v) is 2.98. The lowest BCUT2D eigenvalue weighted by Crippen LogP contribution is -2.24. The topological polar surface area (TPSA) is 37.8 Å². The molecule has 1 N–H and O–H groups in total. The first-order valence-electron chi connectivity index (χ1n) is 6.75. The molecule has 0 fully saturated rings. The molecular weight excluding hydrogens is 254 g/mol. The third kappa shape index (κ3) is 3.85. The van der Waals surface area contributed by atoms with Crippen molar-refractivity contribution in [2.45, 2.75) is 39.7 Å². The Morgan fingerprint density at radius 3 is 2.84 bits per heavy atom. The summed E-state index contributed by atoms with van der Waals surface area (Å²) in [7, 11) is 0. The van der Waals surface area contributed by atoms with Crippen molar-refractivity contribution in [1.82, 2.24) is 15.3 Å². The maximum Gasteiger partial charge on any atom is 0.0947 e. The summed E-state index contributed by atoms with van der Waals surface area (Å²) in [4.78, 5) is 8.75. The van der Waals surface area contributed by atoms with Crippen LogP contribution >= 0.6 is 11.3 Å². The largest absolute Gasteiger partial charge is 0.310 e. The average molecular weight is 275 g/mol. The molecule has 19 heavy (non-hydrogen) atoms. The predicted octanol–water partition coefficient (Wildman–Crippen LogP) is 3.44. The normalized spacial score (nSPS) is 12.6. The average Bonchev–Trinajstić information content (AvgIpc) is 2.81. The highest BCUT2D eigenvalue weighted by Crippen LogP contribution is 2.22. The van der Waals surface area contributed by atoms with Gasteiger partial charge in [-0.25, -0.2) is 4.98 Å². The van der Waals surface area contributed by atoms with Crippen LogP contribution in [0.5, 0.6) is 0 Å². The maximum absolute atomic E-state index is 4.58. The van der Waals surface area contributed by atoms with Gasteiger partial charge < -0.3 is 5.32 Å². The molecule has 0 aliphatic heterocycles. The summed E-state index contributed by atoms with van der Waals surface area (Å²) < 4.78 is 0. The van der Waals surface area contributed by atoms with Gasteiger partial charge in [0, 0.05) is 35.9 Å². The molecule has 2 aromatic heterocycles. The Bertz CT molecular complexity index is 522. The number of thiazole rings is 1. The van der Waals surface area contributed by atoms with Crippen LogP contribution < -0.4 is 5.32 Å². The minimum Gasteiger partial charge on any atom is -0.310 e. The van der Waals surface area contributed by atoms with Crippen molar-refractivity contribution in [1.29, 1.82) is 0 Å². The molecule has 2 rings (SSSR count). The molecule has 1 unspecified atom stereocenters. The monoisotopic (exact) mass is 275 g/mol. The van der Waals surface area contributed by atoms with E-state index in [2.05, 4.69) is 40.6 Å². The van der Waals surface area contributed by atoms with Gasteiger partial charge in [0.25, 0.3) is 0 Å². The summed E-state index contributed by atoms with van der Waals surface area (Å²) in [5, 5.41) is 6.94. The first-order chi connectivity index (χ1) is 9.20. The van der Waals surface area contributed by atoms with Gasteiger partial charge in [-0.3, -0.25) is 4.98 Å². The Hall–Kier alpha value is -1.26. The summed E-state index contributed by atoms with van der Waals surface area (Å²) in [6.07, 6.45) is 5.89. The van der Waals surface area contributed by atoms with E-state index in [1.165, 1.54) is 16.1 Å². The molecule has 4 heteroatoms. The highest BCUT2D eigenvalue weighted by atomic mass is 32.1. The fraction of sp³-hybridized carbons (Fsp3) is 0.467. The number of aryl methyl sites for hydroxylation is 2. The number of nitrogens with zero attached hydrogens (tertiary/aromatic N) is 2. The quantitative estimate of drug-likeness (QED) is 0.877. The first kappa shape index (κ1) is 14.2. The Morgan fingerprint density at radius 1 is 1.37 bits per heavy atom. The zero-order valence-electron chi connectivity index (χ0n) is 11.8. The molecule has 0 spiro atoms. The molecule has 3 nitrogen and oxygen atoms in total. The van der Waals surface area contributed by atoms with E-state index < -0.39 is 0 Å². The Morgan fingerprint density at radius 2 is 2.21 bits per heavy atom. The van der Waals surface area contributed by atoms with Gasteiger partial charge in [0.1, 0.15) is 0 Å². The zero-order chi connectivity index (χ0) is 13.7. The molecule has 2 heterocycles. The van der Waals surface area contributed by atoms with Crippen LogP contribution in [0.2, 0.25) is 0 Å². The van der Waals surface area contributed by atoms with Gasteiger partial charge in [0.2, 0.25) is 0 Å². The van der Waals surface area contributed by atoms with Gasteiger partial charge in [-0.15, -0.1) is 11.3 Å². The summed E-state index contributed by atoms with van der Waals surface area (Å²) in [6, 6.07) is 2.44. The second kappa shape index (κ2) is 6.78. The van der Waals surface area contributed by atoms with Crippen molar-refractivity contribution >= 4 is 11.3 Å². The van der Waals surface area contributed by atoms with Crippen molar-refractivity contribution in [3.05, 3.63) is 45.7 Å². The molecule has 0 saturated carbocycles. The van der Waals surface area contributed by atoms with Gasteiger partial charge in [0.05, 0.1) is 5.01 Å². The number of rotatable bonds is 6. The summed E-state index contributed by atoms with van der Waals surface area (Å²) in [5.74, 6) is 0. The predicted molar refractivity (Wildman–Crippen MR) is 80.6 cm³/mol. The van der Waals surface area contributed by atoms with Crippen LogP contribution in [0.1, 0.15) is 41.2 Å². The zero-order valence-corrected chi connectivity index (χ0v) is 12.6. The molecule has 102 valence electrons. The molecule has 0 aromatic carbocycles. The van der Waals surface area contributed by atoms with Crippen LogP contribution in [0.25, 0.3) is 0 Å². The van der Waals surface area contributed by atoms with Crippen LogP contribution in [0, 0.1) is 13.8 Å². The number of hydrogen-bond acceptors (Lipinski definition) is 4. The van der Waals surface area contributed by atoms with E-state index in [0.29, 0.717) is 6.04 Å². The lowest BCUT2D eigenvalue weighted by Gasteiger charge is -2.19. The minimum atomic E-state index is 0.327. The molecule has 0 aliphatic carbocycles. The molecule has 0 radical (unpaired) electrons. The number of aromatic nitrogens is 2. The van der Waals surface area contributed by atoms with Gasteiger partial charge in [-0.1, -0.05) is 6.92 Å². The lowest BCUT2D eigenvalue weighted by atomic mass is 10.0. The second-order valence-corrected chi connectivity index (χ2v) is 5.77. The smallest absolute Gasteiger partial charge is 0.0947 e. The third-order valence-corrected chi connectivity index (χ3v) is 4.11. The first-order valence-corrected chi connectivity index (χ1v) is 7.63. The van der Waals surface area contributed by atoms with E-state index in [9.17, 15) is 0 Å². The Kier molecular flexibility index (Phi) is 5.05. The molecule has 0 aliphatic rings. The van der Waals surface area contributed by atoms with Crippen molar-refractivity contribution in [3.63, 3.8) is 0 Å². The second-order valence-electron chi connectivity index (χ2n) is 4.83. The van der Waals surface area contributed by atoms with Gasteiger partial charge >= 0.3 is 0 Å². The van der Waals surface area contributed by atoms with E-state index in [1.54, 1.807) is 11.3 Å². The molecular formula is C15H21N3S. The van der Waals surface area contributed by atoms with Crippen LogP contribution in [0.4, 0.5) is 0 Å². The molecule has 0 saturated heterocycles. The van der Waals surface area contributed by atoms with Crippen LogP contribution in [-0.2, 0) is 6.42 Å².